The normalized spacial score (nSPS) is 11.3. The minimum Gasteiger partial charge on any atom is -0.237 e. The topological polar surface area (TPSA) is 8.81 Å². The van der Waals surface area contributed by atoms with Crippen molar-refractivity contribution in [1.29, 1.82) is 0 Å². The highest BCUT2D eigenvalue weighted by Crippen LogP contribution is 2.12. The van der Waals surface area contributed by atoms with Gasteiger partial charge in [-0.1, -0.05) is 84.5 Å². The molecule has 0 fully saturated rings. The minimum absolute atomic E-state index is 1.13. The van der Waals surface area contributed by atoms with E-state index in [2.05, 4.69) is 42.4 Å². The Balaban J connectivity index is 1.86. The number of rotatable bonds is 15. The van der Waals surface area contributed by atoms with Gasteiger partial charge in [0, 0.05) is 6.42 Å². The van der Waals surface area contributed by atoms with E-state index < -0.39 is 0 Å². The number of imidazole rings is 1. The Bertz CT molecular complexity index is 381. The van der Waals surface area contributed by atoms with Crippen LogP contribution in [0.25, 0.3) is 0 Å². The second kappa shape index (κ2) is 13.6. The summed E-state index contributed by atoms with van der Waals surface area (Å²) in [7, 11) is 2.15. The molecule has 23 heavy (non-hydrogen) atoms. The highest BCUT2D eigenvalue weighted by molar-refractivity contribution is 4.82. The molecule has 1 heterocycles. The van der Waals surface area contributed by atoms with Gasteiger partial charge in [-0.15, -0.1) is 0 Å². The molecule has 0 spiro atoms. The van der Waals surface area contributed by atoms with Crippen molar-refractivity contribution in [3.8, 4) is 0 Å². The van der Waals surface area contributed by atoms with Crippen LogP contribution in [0.3, 0.4) is 0 Å². The molecule has 0 aliphatic carbocycles. The summed E-state index contributed by atoms with van der Waals surface area (Å²) in [5.74, 6) is 1.45. The van der Waals surface area contributed by atoms with E-state index in [0.717, 1.165) is 6.42 Å². The molecule has 0 aromatic carbocycles. The van der Waals surface area contributed by atoms with Crippen molar-refractivity contribution in [3.05, 3.63) is 18.2 Å². The summed E-state index contributed by atoms with van der Waals surface area (Å²) < 4.78 is 4.68. The van der Waals surface area contributed by atoms with Gasteiger partial charge in [0.15, 0.2) is 0 Å². The van der Waals surface area contributed by atoms with Gasteiger partial charge in [0.1, 0.15) is 12.4 Å². The van der Waals surface area contributed by atoms with Crippen LogP contribution in [0.2, 0.25) is 0 Å². The maximum absolute atomic E-state index is 2.43. The Morgan fingerprint density at radius 1 is 0.739 bits per heavy atom. The lowest BCUT2D eigenvalue weighted by Gasteiger charge is -2.03. The van der Waals surface area contributed by atoms with Gasteiger partial charge >= 0.3 is 0 Å². The second-order valence-electron chi connectivity index (χ2n) is 7.11. The largest absolute Gasteiger partial charge is 0.255 e. The predicted molar refractivity (Wildman–Crippen MR) is 101 cm³/mol. The summed E-state index contributed by atoms with van der Waals surface area (Å²) in [6.07, 6.45) is 24.2. The fourth-order valence-electron chi connectivity index (χ4n) is 3.51. The molecule has 0 aliphatic rings. The zero-order chi connectivity index (χ0) is 16.8. The lowest BCUT2D eigenvalue weighted by molar-refractivity contribution is -0.678. The molecular weight excluding hydrogens is 280 g/mol. The van der Waals surface area contributed by atoms with E-state index in [1.807, 2.05) is 0 Å². The van der Waals surface area contributed by atoms with Gasteiger partial charge in [-0.05, 0) is 12.8 Å². The Morgan fingerprint density at radius 2 is 1.22 bits per heavy atom. The van der Waals surface area contributed by atoms with Gasteiger partial charge in [-0.2, -0.15) is 0 Å². The number of unbranched alkanes of at least 4 members (excludes halogenated alkanes) is 12. The SMILES string of the molecule is CCCCCCCCCCCCCCCn1cc[n+](C)c1CC. The Morgan fingerprint density at radius 3 is 1.70 bits per heavy atom. The molecule has 2 nitrogen and oxygen atoms in total. The molecule has 1 aromatic rings. The molecule has 0 atom stereocenters. The first-order valence-electron chi connectivity index (χ1n) is 10.3. The number of hydrogen-bond acceptors (Lipinski definition) is 0. The second-order valence-corrected chi connectivity index (χ2v) is 7.11. The standard InChI is InChI=1S/C21H41N2/c1-4-6-7-8-9-10-11-12-13-14-15-16-17-18-23-20-19-22(3)21(23)5-2/h19-20H,4-18H2,1-3H3/q+1. The van der Waals surface area contributed by atoms with Crippen LogP contribution in [0.5, 0.6) is 0 Å². The lowest BCUT2D eigenvalue weighted by atomic mass is 10.0. The Kier molecular flexibility index (Phi) is 12.0. The number of hydrogen-bond donors (Lipinski definition) is 0. The Hall–Kier alpha value is -0.790. The van der Waals surface area contributed by atoms with E-state index >= 15 is 0 Å². The van der Waals surface area contributed by atoms with Crippen LogP contribution in [-0.2, 0) is 20.0 Å². The third-order valence-corrected chi connectivity index (χ3v) is 5.03. The van der Waals surface area contributed by atoms with E-state index in [4.69, 9.17) is 0 Å². The molecule has 0 N–H and O–H groups in total. The molecule has 0 amide bonds. The molecule has 0 saturated carbocycles. The van der Waals surface area contributed by atoms with Crippen molar-refractivity contribution >= 4 is 0 Å². The third-order valence-electron chi connectivity index (χ3n) is 5.03. The van der Waals surface area contributed by atoms with E-state index in [-0.39, 0.29) is 0 Å². The number of nitrogens with zero attached hydrogens (tertiary/aromatic N) is 2. The lowest BCUT2D eigenvalue weighted by Crippen LogP contribution is -2.31. The maximum atomic E-state index is 2.43. The summed E-state index contributed by atoms with van der Waals surface area (Å²) in [5, 5.41) is 0. The quantitative estimate of drug-likeness (QED) is 0.278. The minimum atomic E-state index is 1.13. The van der Waals surface area contributed by atoms with Crippen molar-refractivity contribution in [3.63, 3.8) is 0 Å². The smallest absolute Gasteiger partial charge is 0.237 e. The molecule has 0 bridgehead atoms. The first kappa shape index (κ1) is 20.3. The van der Waals surface area contributed by atoms with Gasteiger partial charge in [-0.25, -0.2) is 9.13 Å². The molecule has 0 radical (unpaired) electrons. The van der Waals surface area contributed by atoms with Gasteiger partial charge in [0.25, 0.3) is 5.82 Å². The van der Waals surface area contributed by atoms with Crippen molar-refractivity contribution in [1.82, 2.24) is 4.57 Å². The molecule has 1 rings (SSSR count). The molecular formula is C21H41N2+. The predicted octanol–water partition coefficient (Wildman–Crippen LogP) is 5.97. The van der Waals surface area contributed by atoms with E-state index in [9.17, 15) is 0 Å². The van der Waals surface area contributed by atoms with Crippen LogP contribution in [0, 0.1) is 0 Å². The van der Waals surface area contributed by atoms with Gasteiger partial charge in [-0.3, -0.25) is 0 Å². The van der Waals surface area contributed by atoms with Gasteiger partial charge < -0.3 is 0 Å². The molecule has 134 valence electrons. The summed E-state index contributed by atoms with van der Waals surface area (Å²) in [5.41, 5.74) is 0. The van der Waals surface area contributed by atoms with Crippen LogP contribution in [0.1, 0.15) is 103 Å². The zero-order valence-electron chi connectivity index (χ0n) is 16.2. The van der Waals surface area contributed by atoms with Crippen molar-refractivity contribution in [2.24, 2.45) is 7.05 Å². The van der Waals surface area contributed by atoms with Crippen molar-refractivity contribution in [2.75, 3.05) is 0 Å². The van der Waals surface area contributed by atoms with Crippen LogP contribution < -0.4 is 4.57 Å². The number of aromatic nitrogens is 2. The van der Waals surface area contributed by atoms with E-state index in [1.165, 1.54) is 95.8 Å². The summed E-state index contributed by atoms with van der Waals surface area (Å²) in [6, 6.07) is 0. The van der Waals surface area contributed by atoms with Crippen LogP contribution in [0.4, 0.5) is 0 Å². The van der Waals surface area contributed by atoms with Crippen LogP contribution in [0.15, 0.2) is 12.4 Å². The third kappa shape index (κ3) is 9.17. The summed E-state index contributed by atoms with van der Waals surface area (Å²) in [6.45, 7) is 5.73. The van der Waals surface area contributed by atoms with E-state index in [0.29, 0.717) is 0 Å². The Labute approximate surface area is 145 Å². The summed E-state index contributed by atoms with van der Waals surface area (Å²) >= 11 is 0. The van der Waals surface area contributed by atoms with Crippen LogP contribution >= 0.6 is 0 Å². The average Bonchev–Trinajstić information content (AvgIpc) is 2.91. The van der Waals surface area contributed by atoms with Gasteiger partial charge in [0.2, 0.25) is 0 Å². The average molecular weight is 322 g/mol. The van der Waals surface area contributed by atoms with E-state index in [1.54, 1.807) is 0 Å². The molecule has 1 aromatic heterocycles. The molecule has 0 unspecified atom stereocenters. The van der Waals surface area contributed by atoms with Crippen LogP contribution in [-0.4, -0.2) is 4.57 Å². The maximum Gasteiger partial charge on any atom is 0.255 e. The van der Waals surface area contributed by atoms with Crippen molar-refractivity contribution in [2.45, 2.75) is 110 Å². The number of aryl methyl sites for hydroxylation is 2. The van der Waals surface area contributed by atoms with Gasteiger partial charge in [0.05, 0.1) is 13.6 Å². The highest BCUT2D eigenvalue weighted by Gasteiger charge is 2.10. The van der Waals surface area contributed by atoms with Crippen molar-refractivity contribution < 1.29 is 4.57 Å². The molecule has 0 saturated heterocycles. The highest BCUT2D eigenvalue weighted by atomic mass is 15.1. The monoisotopic (exact) mass is 321 g/mol. The first-order chi connectivity index (χ1) is 11.3. The zero-order valence-corrected chi connectivity index (χ0v) is 16.2. The first-order valence-corrected chi connectivity index (χ1v) is 10.3. The molecule has 2 heteroatoms. The summed E-state index contributed by atoms with van der Waals surface area (Å²) in [4.78, 5) is 0. The fraction of sp³-hybridized carbons (Fsp3) is 0.857. The fourth-order valence-corrected chi connectivity index (χ4v) is 3.51. The molecule has 0 aliphatic heterocycles.